The second kappa shape index (κ2) is 4.93. The number of carbonyl (C=O) groups excluding carboxylic acids is 1. The Morgan fingerprint density at radius 3 is 2.68 bits per heavy atom. The highest BCUT2D eigenvalue weighted by Crippen LogP contribution is 2.36. The van der Waals surface area contributed by atoms with E-state index in [1.54, 1.807) is 0 Å². The number of hydrogen-bond donors (Lipinski definition) is 1. The summed E-state index contributed by atoms with van der Waals surface area (Å²) in [6.07, 6.45) is -2.53. The number of oxazole rings is 1. The van der Waals surface area contributed by atoms with E-state index >= 15 is 0 Å². The number of anilines is 1. The number of halogens is 4. The zero-order valence-electron chi connectivity index (χ0n) is 9.16. The molecular weight excluding hydrogens is 285 g/mol. The number of amides is 1. The molecule has 19 heavy (non-hydrogen) atoms. The highest BCUT2D eigenvalue weighted by atomic mass is 35.5. The summed E-state index contributed by atoms with van der Waals surface area (Å²) >= 11 is 5.52. The lowest BCUT2D eigenvalue weighted by Crippen LogP contribution is -2.16. The minimum absolute atomic E-state index is 0.0787. The third-order valence-electron chi connectivity index (χ3n) is 2.19. The first-order valence-electron chi connectivity index (χ1n) is 4.94. The van der Waals surface area contributed by atoms with Crippen LogP contribution in [0, 0.1) is 0 Å². The fourth-order valence-electron chi connectivity index (χ4n) is 1.37. The van der Waals surface area contributed by atoms with E-state index in [4.69, 9.17) is 11.6 Å². The van der Waals surface area contributed by atoms with Crippen molar-refractivity contribution in [2.24, 2.45) is 0 Å². The zero-order chi connectivity index (χ0) is 14.0. The van der Waals surface area contributed by atoms with E-state index in [0.29, 0.717) is 0 Å². The Labute approximate surface area is 110 Å². The van der Waals surface area contributed by atoms with Crippen LogP contribution in [0.2, 0.25) is 5.02 Å². The lowest BCUT2D eigenvalue weighted by atomic mass is 10.1. The molecule has 2 rings (SSSR count). The van der Waals surface area contributed by atoms with Gasteiger partial charge in [-0.1, -0.05) is 11.6 Å². The molecule has 0 bridgehead atoms. The van der Waals surface area contributed by atoms with Gasteiger partial charge in [-0.25, -0.2) is 4.98 Å². The van der Waals surface area contributed by atoms with E-state index in [2.05, 4.69) is 14.7 Å². The molecule has 1 aromatic carbocycles. The third-order valence-corrected chi connectivity index (χ3v) is 2.43. The number of hydrogen-bond acceptors (Lipinski definition) is 3. The molecule has 0 aliphatic carbocycles. The van der Waals surface area contributed by atoms with Crippen molar-refractivity contribution >= 4 is 23.2 Å². The molecule has 2 aromatic rings. The summed E-state index contributed by atoms with van der Waals surface area (Å²) in [5.74, 6) is -1.02. The van der Waals surface area contributed by atoms with Crippen LogP contribution in [0.5, 0.6) is 0 Å². The third kappa shape index (κ3) is 3.05. The highest BCUT2D eigenvalue weighted by molar-refractivity contribution is 6.30. The van der Waals surface area contributed by atoms with E-state index < -0.39 is 23.3 Å². The van der Waals surface area contributed by atoms with Crippen molar-refractivity contribution in [1.29, 1.82) is 0 Å². The summed E-state index contributed by atoms with van der Waals surface area (Å²) in [6.45, 7) is 0. The monoisotopic (exact) mass is 290 g/mol. The summed E-state index contributed by atoms with van der Waals surface area (Å²) in [7, 11) is 0. The number of rotatable bonds is 2. The predicted octanol–water partition coefficient (Wildman–Crippen LogP) is 3.60. The maximum absolute atomic E-state index is 12.8. The van der Waals surface area contributed by atoms with Gasteiger partial charge in [0.1, 0.15) is 0 Å². The molecule has 0 saturated carbocycles. The van der Waals surface area contributed by atoms with Gasteiger partial charge >= 0.3 is 6.18 Å². The molecule has 1 amide bonds. The molecule has 4 nitrogen and oxygen atoms in total. The fraction of sp³-hybridized carbons (Fsp3) is 0.0909. The van der Waals surface area contributed by atoms with Gasteiger partial charge in [0.2, 0.25) is 5.76 Å². The number of alkyl halides is 3. The van der Waals surface area contributed by atoms with Gasteiger partial charge in [-0.2, -0.15) is 13.2 Å². The first-order chi connectivity index (χ1) is 8.88. The molecule has 1 aromatic heterocycles. The van der Waals surface area contributed by atoms with Crippen molar-refractivity contribution in [3.63, 3.8) is 0 Å². The van der Waals surface area contributed by atoms with Crippen LogP contribution in [0.4, 0.5) is 18.9 Å². The minimum atomic E-state index is -4.63. The Morgan fingerprint density at radius 1 is 1.37 bits per heavy atom. The average Bonchev–Trinajstić information content (AvgIpc) is 2.83. The van der Waals surface area contributed by atoms with Gasteiger partial charge in [-0.15, -0.1) is 0 Å². The molecule has 8 heteroatoms. The number of nitrogens with one attached hydrogen (secondary N) is 1. The molecule has 1 N–H and O–H groups in total. The second-order valence-corrected chi connectivity index (χ2v) is 3.94. The van der Waals surface area contributed by atoms with Crippen molar-refractivity contribution in [2.75, 3.05) is 5.32 Å². The van der Waals surface area contributed by atoms with Crippen LogP contribution in [0.25, 0.3) is 0 Å². The standard InChI is InChI=1S/C11H6ClF3N2O2/c12-6-1-2-8(7(3-6)11(13,14)15)17-10(18)9-4-16-5-19-9/h1-5H,(H,17,18). The van der Waals surface area contributed by atoms with E-state index in [-0.39, 0.29) is 10.8 Å². The first-order valence-corrected chi connectivity index (χ1v) is 5.32. The molecule has 100 valence electrons. The summed E-state index contributed by atoms with van der Waals surface area (Å²) in [6, 6.07) is 3.05. The molecule has 0 radical (unpaired) electrons. The van der Waals surface area contributed by atoms with E-state index in [1.165, 1.54) is 6.07 Å². The molecule has 0 fully saturated rings. The fourth-order valence-corrected chi connectivity index (χ4v) is 1.54. The molecular formula is C11H6ClF3N2O2. The lowest BCUT2D eigenvalue weighted by Gasteiger charge is -2.13. The van der Waals surface area contributed by atoms with Gasteiger partial charge in [-0.05, 0) is 18.2 Å². The van der Waals surface area contributed by atoms with Gasteiger partial charge in [0, 0.05) is 5.02 Å². The van der Waals surface area contributed by atoms with Crippen molar-refractivity contribution in [3.05, 3.63) is 47.1 Å². The maximum atomic E-state index is 12.8. The highest BCUT2D eigenvalue weighted by Gasteiger charge is 2.34. The number of nitrogens with zero attached hydrogens (tertiary/aromatic N) is 1. The predicted molar refractivity (Wildman–Crippen MR) is 60.9 cm³/mol. The summed E-state index contributed by atoms with van der Waals surface area (Å²) < 4.78 is 43.0. The Morgan fingerprint density at radius 2 is 2.11 bits per heavy atom. The largest absolute Gasteiger partial charge is 0.438 e. The van der Waals surface area contributed by atoms with Crippen molar-refractivity contribution in [2.45, 2.75) is 6.18 Å². The Kier molecular flexibility index (Phi) is 3.48. The van der Waals surface area contributed by atoms with Gasteiger partial charge in [-0.3, -0.25) is 4.79 Å². The molecule has 0 unspecified atom stereocenters. The van der Waals surface area contributed by atoms with Gasteiger partial charge < -0.3 is 9.73 Å². The van der Waals surface area contributed by atoms with Crippen molar-refractivity contribution in [3.8, 4) is 0 Å². The molecule has 0 aliphatic heterocycles. The van der Waals surface area contributed by atoms with Crippen LogP contribution >= 0.6 is 11.6 Å². The van der Waals surface area contributed by atoms with Crippen molar-refractivity contribution < 1.29 is 22.4 Å². The molecule has 0 saturated heterocycles. The lowest BCUT2D eigenvalue weighted by molar-refractivity contribution is -0.136. The van der Waals surface area contributed by atoms with Gasteiger partial charge in [0.15, 0.2) is 6.39 Å². The van der Waals surface area contributed by atoms with Crippen LogP contribution in [0.3, 0.4) is 0 Å². The molecule has 0 aliphatic rings. The topological polar surface area (TPSA) is 55.1 Å². The van der Waals surface area contributed by atoms with Gasteiger partial charge in [0.05, 0.1) is 17.4 Å². The van der Waals surface area contributed by atoms with Crippen LogP contribution in [-0.4, -0.2) is 10.9 Å². The summed E-state index contributed by atoms with van der Waals surface area (Å²) in [4.78, 5) is 15.1. The summed E-state index contributed by atoms with van der Waals surface area (Å²) in [5.41, 5.74) is -1.44. The molecule has 1 heterocycles. The Balaban J connectivity index is 2.33. The van der Waals surface area contributed by atoms with Crippen LogP contribution < -0.4 is 5.32 Å². The van der Waals surface area contributed by atoms with Gasteiger partial charge in [0.25, 0.3) is 5.91 Å². The Bertz CT molecular complexity index is 596. The van der Waals surface area contributed by atoms with E-state index in [9.17, 15) is 18.0 Å². The Hall–Kier alpha value is -2.02. The van der Waals surface area contributed by atoms with E-state index in [0.717, 1.165) is 24.7 Å². The summed E-state index contributed by atoms with van der Waals surface area (Å²) in [5, 5.41) is 2.02. The zero-order valence-corrected chi connectivity index (χ0v) is 9.92. The number of carbonyl (C=O) groups is 1. The first kappa shape index (κ1) is 13.4. The smallest absolute Gasteiger partial charge is 0.418 e. The minimum Gasteiger partial charge on any atom is -0.438 e. The van der Waals surface area contributed by atoms with Crippen molar-refractivity contribution in [1.82, 2.24) is 4.98 Å². The quantitative estimate of drug-likeness (QED) is 0.919. The van der Waals surface area contributed by atoms with E-state index in [1.807, 2.05) is 0 Å². The van der Waals surface area contributed by atoms with Crippen LogP contribution in [-0.2, 0) is 6.18 Å². The average molecular weight is 291 g/mol. The normalized spacial score (nSPS) is 11.4. The molecule has 0 atom stereocenters. The number of aromatic nitrogens is 1. The SMILES string of the molecule is O=C(Nc1ccc(Cl)cc1C(F)(F)F)c1cnco1. The maximum Gasteiger partial charge on any atom is 0.418 e. The second-order valence-electron chi connectivity index (χ2n) is 3.51. The van der Waals surface area contributed by atoms with Crippen LogP contribution in [0.1, 0.15) is 16.1 Å². The van der Waals surface area contributed by atoms with Crippen LogP contribution in [0.15, 0.2) is 35.2 Å². The molecule has 0 spiro atoms. The number of benzene rings is 1.